The highest BCUT2D eigenvalue weighted by Crippen LogP contribution is 2.36. The molecule has 3 atom stereocenters. The number of halogens is 1. The predicted octanol–water partition coefficient (Wildman–Crippen LogP) is 2.60. The molecule has 0 spiro atoms. The van der Waals surface area contributed by atoms with Crippen molar-refractivity contribution in [1.82, 2.24) is 4.90 Å². The zero-order chi connectivity index (χ0) is 13.4. The summed E-state index contributed by atoms with van der Waals surface area (Å²) >= 11 is 5.93. The van der Waals surface area contributed by atoms with Crippen LogP contribution < -0.4 is 0 Å². The molecule has 1 aromatic carbocycles. The maximum atomic E-state index is 11.2. The van der Waals surface area contributed by atoms with Crippen molar-refractivity contribution >= 4 is 23.1 Å². The van der Waals surface area contributed by atoms with E-state index in [0.29, 0.717) is 0 Å². The van der Waals surface area contributed by atoms with E-state index in [9.17, 15) is 4.79 Å². The molecule has 4 heteroatoms. The number of fused-ring (bicyclic) bond motifs is 2. The lowest BCUT2D eigenvalue weighted by atomic mass is 9.89. The highest BCUT2D eigenvalue weighted by Gasteiger charge is 2.39. The van der Waals surface area contributed by atoms with Crippen LogP contribution in [0.5, 0.6) is 0 Å². The molecule has 3 rings (SSSR count). The minimum absolute atomic E-state index is 0.0260. The summed E-state index contributed by atoms with van der Waals surface area (Å²) in [5, 5.41) is 0.741. The van der Waals surface area contributed by atoms with Crippen LogP contribution in [0.3, 0.4) is 0 Å². The van der Waals surface area contributed by atoms with Crippen LogP contribution in [-0.4, -0.2) is 36.6 Å². The summed E-state index contributed by atoms with van der Waals surface area (Å²) in [6.45, 7) is 4.19. The molecule has 0 N–H and O–H groups in total. The monoisotopic (exact) mass is 277 g/mol. The summed E-state index contributed by atoms with van der Waals surface area (Å²) in [6, 6.07) is 7.87. The van der Waals surface area contributed by atoms with E-state index in [1.165, 1.54) is 18.1 Å². The van der Waals surface area contributed by atoms with Gasteiger partial charge in [-0.1, -0.05) is 29.8 Å². The van der Waals surface area contributed by atoms with E-state index in [2.05, 4.69) is 11.0 Å². The first-order valence-corrected chi connectivity index (χ1v) is 6.87. The fraction of sp³-hybridized carbons (Fsp3) is 0.400. The lowest BCUT2D eigenvalue weighted by Gasteiger charge is -2.24. The fourth-order valence-corrected chi connectivity index (χ4v) is 3.11. The highest BCUT2D eigenvalue weighted by molar-refractivity contribution is 6.30. The van der Waals surface area contributed by atoms with Crippen molar-refractivity contribution in [1.29, 1.82) is 0 Å². The number of rotatable bonds is 2. The van der Waals surface area contributed by atoms with Gasteiger partial charge >= 0.3 is 5.97 Å². The molecule has 2 aliphatic rings. The Bertz CT molecular complexity index is 523. The van der Waals surface area contributed by atoms with Gasteiger partial charge in [0.05, 0.1) is 0 Å². The van der Waals surface area contributed by atoms with Crippen LogP contribution in [-0.2, 0) is 9.53 Å². The maximum Gasteiger partial charge on any atom is 0.302 e. The van der Waals surface area contributed by atoms with E-state index in [-0.39, 0.29) is 18.0 Å². The number of esters is 1. The molecule has 0 aliphatic carbocycles. The van der Waals surface area contributed by atoms with Crippen LogP contribution in [0.2, 0.25) is 5.02 Å². The van der Waals surface area contributed by atoms with E-state index in [4.69, 9.17) is 16.3 Å². The predicted molar refractivity (Wildman–Crippen MR) is 74.9 cm³/mol. The number of benzene rings is 1. The Morgan fingerprint density at radius 1 is 1.32 bits per heavy atom. The molecule has 2 bridgehead atoms. The normalized spacial score (nSPS) is 28.9. The first-order valence-electron chi connectivity index (χ1n) is 6.49. The molecule has 3 unspecified atom stereocenters. The highest BCUT2D eigenvalue weighted by atomic mass is 35.5. The van der Waals surface area contributed by atoms with Gasteiger partial charge in [0, 0.05) is 37.5 Å². The molecule has 2 aliphatic heterocycles. The van der Waals surface area contributed by atoms with Crippen molar-refractivity contribution in [3.63, 3.8) is 0 Å². The quantitative estimate of drug-likeness (QED) is 0.778. The molecule has 0 aromatic heterocycles. The van der Waals surface area contributed by atoms with Crippen molar-refractivity contribution in [2.24, 2.45) is 5.92 Å². The van der Waals surface area contributed by atoms with Crippen LogP contribution in [0.4, 0.5) is 0 Å². The van der Waals surface area contributed by atoms with Gasteiger partial charge in [0.1, 0.15) is 6.10 Å². The van der Waals surface area contributed by atoms with E-state index in [0.717, 1.165) is 24.7 Å². The van der Waals surface area contributed by atoms with Crippen LogP contribution in [0, 0.1) is 5.92 Å². The number of hydrogen-bond donors (Lipinski definition) is 0. The summed E-state index contributed by atoms with van der Waals surface area (Å²) in [6.07, 6.45) is 2.21. The second-order valence-electron chi connectivity index (χ2n) is 5.14. The topological polar surface area (TPSA) is 29.5 Å². The molecule has 0 radical (unpaired) electrons. The van der Waals surface area contributed by atoms with Gasteiger partial charge in [0.2, 0.25) is 0 Å². The van der Waals surface area contributed by atoms with Gasteiger partial charge in [0.15, 0.2) is 0 Å². The Labute approximate surface area is 117 Å². The zero-order valence-electron chi connectivity index (χ0n) is 10.8. The Kier molecular flexibility index (Phi) is 3.33. The van der Waals surface area contributed by atoms with Crippen molar-refractivity contribution in [3.8, 4) is 0 Å². The molecular weight excluding hydrogens is 262 g/mol. The molecule has 2 heterocycles. The lowest BCUT2D eigenvalue weighted by Crippen LogP contribution is -2.25. The van der Waals surface area contributed by atoms with Crippen molar-refractivity contribution < 1.29 is 9.53 Å². The van der Waals surface area contributed by atoms with Crippen LogP contribution in [0.25, 0.3) is 5.57 Å². The third kappa shape index (κ3) is 2.53. The smallest absolute Gasteiger partial charge is 0.302 e. The molecule has 1 saturated heterocycles. The van der Waals surface area contributed by atoms with Gasteiger partial charge in [-0.3, -0.25) is 9.69 Å². The van der Waals surface area contributed by atoms with Crippen molar-refractivity contribution in [2.75, 3.05) is 19.6 Å². The Morgan fingerprint density at radius 2 is 2.05 bits per heavy atom. The molecule has 0 amide bonds. The van der Waals surface area contributed by atoms with E-state index < -0.39 is 0 Å². The van der Waals surface area contributed by atoms with Crippen molar-refractivity contribution in [2.45, 2.75) is 13.0 Å². The minimum Gasteiger partial charge on any atom is -0.460 e. The number of hydrogen-bond acceptors (Lipinski definition) is 3. The van der Waals surface area contributed by atoms with Crippen LogP contribution in [0.15, 0.2) is 30.3 Å². The Balaban J connectivity index is 1.87. The molecule has 1 aromatic rings. The third-order valence-electron chi connectivity index (χ3n) is 3.81. The molecule has 100 valence electrons. The van der Waals surface area contributed by atoms with Gasteiger partial charge in [0.25, 0.3) is 0 Å². The van der Waals surface area contributed by atoms with E-state index in [1.54, 1.807) is 0 Å². The molecule has 0 saturated carbocycles. The number of nitrogens with zero attached hydrogens (tertiary/aromatic N) is 1. The van der Waals surface area contributed by atoms with Gasteiger partial charge in [-0.15, -0.1) is 0 Å². The second-order valence-corrected chi connectivity index (χ2v) is 5.58. The van der Waals surface area contributed by atoms with Gasteiger partial charge in [-0.05, 0) is 23.3 Å². The largest absolute Gasteiger partial charge is 0.460 e. The Hall–Kier alpha value is -1.32. The van der Waals surface area contributed by atoms with Crippen LogP contribution in [0.1, 0.15) is 12.5 Å². The van der Waals surface area contributed by atoms with Crippen molar-refractivity contribution in [3.05, 3.63) is 40.9 Å². The average molecular weight is 278 g/mol. The van der Waals surface area contributed by atoms with E-state index in [1.807, 2.05) is 24.3 Å². The molecule has 3 nitrogen and oxygen atoms in total. The second kappa shape index (κ2) is 4.99. The minimum atomic E-state index is -0.200. The summed E-state index contributed by atoms with van der Waals surface area (Å²) < 4.78 is 5.45. The number of carbonyl (C=O) groups is 1. The average Bonchev–Trinajstić information content (AvgIpc) is 2.67. The maximum absolute atomic E-state index is 11.2. The standard InChI is InChI=1S/C15H16ClNO2/c1-10(18)19-15-9-17-7-6-13(14(15)8-17)11-2-4-12(16)5-3-11/h2-6,14-15H,7-9H2,1H3. The first-order chi connectivity index (χ1) is 9.13. The number of ether oxygens (including phenoxy) is 1. The molecule has 1 fully saturated rings. The van der Waals surface area contributed by atoms with Crippen LogP contribution >= 0.6 is 11.6 Å². The SMILES string of the molecule is CC(=O)OC1CN2CC=C(c3ccc(Cl)cc3)C1C2. The first kappa shape index (κ1) is 12.7. The molecular formula is C15H16ClNO2. The molecule has 19 heavy (non-hydrogen) atoms. The summed E-state index contributed by atoms with van der Waals surface area (Å²) in [4.78, 5) is 13.5. The third-order valence-corrected chi connectivity index (χ3v) is 4.06. The summed E-state index contributed by atoms with van der Waals surface area (Å²) in [5.74, 6) is 0.0769. The summed E-state index contributed by atoms with van der Waals surface area (Å²) in [7, 11) is 0. The van der Waals surface area contributed by atoms with Gasteiger partial charge in [-0.25, -0.2) is 0 Å². The lowest BCUT2D eigenvalue weighted by molar-refractivity contribution is -0.146. The number of carbonyl (C=O) groups excluding carboxylic acids is 1. The fourth-order valence-electron chi connectivity index (χ4n) is 2.99. The zero-order valence-corrected chi connectivity index (χ0v) is 11.6. The van der Waals surface area contributed by atoms with E-state index >= 15 is 0 Å². The Morgan fingerprint density at radius 3 is 2.74 bits per heavy atom. The summed E-state index contributed by atoms with van der Waals surface area (Å²) in [5.41, 5.74) is 2.45. The van der Waals surface area contributed by atoms with Gasteiger partial charge in [-0.2, -0.15) is 0 Å². The van der Waals surface area contributed by atoms with Gasteiger partial charge < -0.3 is 4.74 Å².